The van der Waals surface area contributed by atoms with E-state index in [0.29, 0.717) is 19.0 Å². The van der Waals surface area contributed by atoms with E-state index in [1.165, 1.54) is 6.33 Å². The lowest BCUT2D eigenvalue weighted by molar-refractivity contribution is 0.0588. The van der Waals surface area contributed by atoms with Crippen molar-refractivity contribution in [2.75, 3.05) is 13.1 Å². The highest BCUT2D eigenvalue weighted by molar-refractivity contribution is 5.98. The Morgan fingerprint density at radius 2 is 1.84 bits per heavy atom. The predicted molar refractivity (Wildman–Crippen MR) is 95.5 cm³/mol. The molecule has 0 N–H and O–H groups in total. The van der Waals surface area contributed by atoms with Gasteiger partial charge in [-0.25, -0.2) is 9.97 Å². The van der Waals surface area contributed by atoms with E-state index >= 15 is 0 Å². The molecule has 126 valence electrons. The maximum absolute atomic E-state index is 12.8. The maximum Gasteiger partial charge on any atom is 0.253 e. The Kier molecular flexibility index (Phi) is 4.29. The third-order valence-electron chi connectivity index (χ3n) is 4.57. The van der Waals surface area contributed by atoms with E-state index in [1.807, 2.05) is 41.3 Å². The van der Waals surface area contributed by atoms with Crippen LogP contribution < -0.4 is 4.74 Å². The van der Waals surface area contributed by atoms with Crippen molar-refractivity contribution < 1.29 is 9.53 Å². The molecule has 1 aliphatic rings. The molecule has 2 aromatic carbocycles. The first kappa shape index (κ1) is 15.6. The lowest BCUT2D eigenvalue weighted by Crippen LogP contribution is -2.41. The minimum Gasteiger partial charge on any atom is -0.474 e. The van der Waals surface area contributed by atoms with Crippen LogP contribution in [0.3, 0.4) is 0 Å². The molecule has 1 fully saturated rings. The highest BCUT2D eigenvalue weighted by atomic mass is 16.5. The summed E-state index contributed by atoms with van der Waals surface area (Å²) in [6.45, 7) is 1.39. The first-order chi connectivity index (χ1) is 12.3. The number of nitrogens with zero attached hydrogens (tertiary/aromatic N) is 3. The highest BCUT2D eigenvalue weighted by Gasteiger charge is 2.25. The molecule has 0 spiro atoms. The molecule has 4 rings (SSSR count). The molecule has 0 aliphatic carbocycles. The summed E-state index contributed by atoms with van der Waals surface area (Å²) in [6, 6.07) is 15.7. The second kappa shape index (κ2) is 6.89. The van der Waals surface area contributed by atoms with E-state index in [0.717, 1.165) is 29.2 Å². The number of fused-ring (bicyclic) bond motifs is 1. The molecule has 5 nitrogen and oxygen atoms in total. The minimum atomic E-state index is 0.0891. The fraction of sp³-hybridized carbons (Fsp3) is 0.250. The monoisotopic (exact) mass is 333 g/mol. The summed E-state index contributed by atoms with van der Waals surface area (Å²) in [5.41, 5.74) is 0.744. The Labute approximate surface area is 146 Å². The number of amides is 1. The average Bonchev–Trinajstić information content (AvgIpc) is 2.68. The van der Waals surface area contributed by atoms with Gasteiger partial charge in [0, 0.05) is 43.8 Å². The van der Waals surface area contributed by atoms with Crippen LogP contribution in [0.1, 0.15) is 23.2 Å². The second-order valence-electron chi connectivity index (χ2n) is 6.22. The van der Waals surface area contributed by atoms with Crippen molar-refractivity contribution in [3.05, 3.63) is 66.6 Å². The van der Waals surface area contributed by atoms with Crippen molar-refractivity contribution in [3.8, 4) is 5.88 Å². The number of carbonyl (C=O) groups is 1. The lowest BCUT2D eigenvalue weighted by atomic mass is 10.0. The van der Waals surface area contributed by atoms with Gasteiger partial charge in [0.2, 0.25) is 5.88 Å². The zero-order valence-electron chi connectivity index (χ0n) is 13.8. The molecule has 3 aromatic rings. The summed E-state index contributed by atoms with van der Waals surface area (Å²) in [5.74, 6) is 0.681. The number of benzene rings is 2. The lowest BCUT2D eigenvalue weighted by Gasteiger charge is -2.32. The number of hydrogen-bond acceptors (Lipinski definition) is 4. The number of likely N-dealkylation sites (tertiary alicyclic amines) is 1. The van der Waals surface area contributed by atoms with Gasteiger partial charge in [0.05, 0.1) is 0 Å². The van der Waals surface area contributed by atoms with Crippen LogP contribution in [0.5, 0.6) is 5.88 Å². The molecule has 2 heterocycles. The van der Waals surface area contributed by atoms with E-state index in [9.17, 15) is 4.79 Å². The third kappa shape index (κ3) is 3.45. The quantitative estimate of drug-likeness (QED) is 0.738. The predicted octanol–water partition coefficient (Wildman–Crippen LogP) is 3.31. The van der Waals surface area contributed by atoms with Gasteiger partial charge in [-0.3, -0.25) is 4.79 Å². The van der Waals surface area contributed by atoms with Crippen molar-refractivity contribution in [2.24, 2.45) is 0 Å². The Balaban J connectivity index is 1.40. The van der Waals surface area contributed by atoms with E-state index in [-0.39, 0.29) is 12.0 Å². The number of rotatable bonds is 3. The Bertz CT molecular complexity index is 874. The number of piperidine rings is 1. The van der Waals surface area contributed by atoms with Crippen LogP contribution in [0, 0.1) is 0 Å². The van der Waals surface area contributed by atoms with Gasteiger partial charge >= 0.3 is 0 Å². The van der Waals surface area contributed by atoms with Gasteiger partial charge in [-0.1, -0.05) is 30.3 Å². The summed E-state index contributed by atoms with van der Waals surface area (Å²) in [7, 11) is 0. The van der Waals surface area contributed by atoms with Gasteiger partial charge < -0.3 is 9.64 Å². The van der Waals surface area contributed by atoms with Gasteiger partial charge in [0.1, 0.15) is 12.4 Å². The van der Waals surface area contributed by atoms with Crippen LogP contribution in [0.4, 0.5) is 0 Å². The molecule has 1 saturated heterocycles. The first-order valence-electron chi connectivity index (χ1n) is 8.50. The van der Waals surface area contributed by atoms with Crippen molar-refractivity contribution in [2.45, 2.75) is 18.9 Å². The van der Waals surface area contributed by atoms with Crippen molar-refractivity contribution in [1.29, 1.82) is 0 Å². The molecule has 0 radical (unpaired) electrons. The van der Waals surface area contributed by atoms with E-state index < -0.39 is 0 Å². The molecular formula is C20H19N3O2. The Hall–Kier alpha value is -2.95. The number of aromatic nitrogens is 2. The molecule has 1 aliphatic heterocycles. The molecule has 1 aromatic heterocycles. The Morgan fingerprint density at radius 1 is 1.04 bits per heavy atom. The molecule has 0 atom stereocenters. The van der Waals surface area contributed by atoms with E-state index in [1.54, 1.807) is 12.3 Å². The van der Waals surface area contributed by atoms with Gasteiger partial charge in [-0.05, 0) is 22.9 Å². The fourth-order valence-corrected chi connectivity index (χ4v) is 3.20. The first-order valence-corrected chi connectivity index (χ1v) is 8.50. The standard InChI is InChI=1S/C20H19N3O2/c24-20(17-6-5-15-3-1-2-4-16(15)13-17)23-11-8-18(9-12-23)25-19-7-10-21-14-22-19/h1-7,10,13-14,18H,8-9,11-12H2. The van der Waals surface area contributed by atoms with Crippen LogP contribution in [-0.2, 0) is 0 Å². The van der Waals surface area contributed by atoms with Crippen LogP contribution in [-0.4, -0.2) is 40.0 Å². The fourth-order valence-electron chi connectivity index (χ4n) is 3.20. The molecule has 1 amide bonds. The van der Waals surface area contributed by atoms with Crippen LogP contribution in [0.25, 0.3) is 10.8 Å². The van der Waals surface area contributed by atoms with Gasteiger partial charge in [-0.15, -0.1) is 0 Å². The molecule has 0 unspecified atom stereocenters. The summed E-state index contributed by atoms with van der Waals surface area (Å²) in [5, 5.41) is 2.24. The number of ether oxygens (including phenoxy) is 1. The molecule has 0 bridgehead atoms. The normalized spacial score (nSPS) is 15.3. The molecular weight excluding hydrogens is 314 g/mol. The molecule has 25 heavy (non-hydrogen) atoms. The van der Waals surface area contributed by atoms with Gasteiger partial charge in [0.25, 0.3) is 5.91 Å². The van der Waals surface area contributed by atoms with E-state index in [4.69, 9.17) is 4.74 Å². The maximum atomic E-state index is 12.8. The van der Waals surface area contributed by atoms with Gasteiger partial charge in [0.15, 0.2) is 0 Å². The van der Waals surface area contributed by atoms with Crippen molar-refractivity contribution in [3.63, 3.8) is 0 Å². The smallest absolute Gasteiger partial charge is 0.253 e. The average molecular weight is 333 g/mol. The third-order valence-corrected chi connectivity index (χ3v) is 4.57. The number of hydrogen-bond donors (Lipinski definition) is 0. The summed E-state index contributed by atoms with van der Waals surface area (Å²) in [4.78, 5) is 22.7. The summed E-state index contributed by atoms with van der Waals surface area (Å²) in [6.07, 6.45) is 4.86. The van der Waals surface area contributed by atoms with Crippen LogP contribution in [0.2, 0.25) is 0 Å². The highest BCUT2D eigenvalue weighted by Crippen LogP contribution is 2.21. The van der Waals surface area contributed by atoms with Crippen molar-refractivity contribution in [1.82, 2.24) is 14.9 Å². The topological polar surface area (TPSA) is 55.3 Å². The minimum absolute atomic E-state index is 0.0891. The zero-order valence-corrected chi connectivity index (χ0v) is 13.8. The van der Waals surface area contributed by atoms with E-state index in [2.05, 4.69) is 16.0 Å². The summed E-state index contributed by atoms with van der Waals surface area (Å²) >= 11 is 0. The second-order valence-corrected chi connectivity index (χ2v) is 6.22. The zero-order chi connectivity index (χ0) is 17.1. The Morgan fingerprint density at radius 3 is 2.60 bits per heavy atom. The molecule has 5 heteroatoms. The van der Waals surface area contributed by atoms with Gasteiger partial charge in [-0.2, -0.15) is 0 Å². The van der Waals surface area contributed by atoms with Crippen LogP contribution in [0.15, 0.2) is 61.1 Å². The largest absolute Gasteiger partial charge is 0.474 e. The van der Waals surface area contributed by atoms with Crippen LogP contribution >= 0.6 is 0 Å². The SMILES string of the molecule is O=C(c1ccc2ccccc2c1)N1CCC(Oc2ccncn2)CC1. The van der Waals surface area contributed by atoms with Crippen molar-refractivity contribution >= 4 is 16.7 Å². The number of carbonyl (C=O) groups excluding carboxylic acids is 1. The summed E-state index contributed by atoms with van der Waals surface area (Å²) < 4.78 is 5.86. The molecule has 0 saturated carbocycles.